The van der Waals surface area contributed by atoms with Crippen LogP contribution >= 0.6 is 11.6 Å². The van der Waals surface area contributed by atoms with Crippen molar-refractivity contribution in [3.8, 4) is 16.9 Å². The van der Waals surface area contributed by atoms with E-state index in [1.54, 1.807) is 12.4 Å². The Bertz CT molecular complexity index is 1060. The number of hydrogen-bond acceptors (Lipinski definition) is 5. The van der Waals surface area contributed by atoms with Crippen molar-refractivity contribution in [2.75, 3.05) is 26.2 Å². The van der Waals surface area contributed by atoms with Crippen molar-refractivity contribution >= 4 is 28.5 Å². The molecule has 5 rings (SSSR count). The Morgan fingerprint density at radius 3 is 2.86 bits per heavy atom. The Hall–Kier alpha value is -2.70. The van der Waals surface area contributed by atoms with E-state index in [9.17, 15) is 4.79 Å². The van der Waals surface area contributed by atoms with E-state index in [0.29, 0.717) is 24.5 Å². The summed E-state index contributed by atoms with van der Waals surface area (Å²) < 4.78 is 6.19. The lowest BCUT2D eigenvalue weighted by Crippen LogP contribution is -2.50. The second-order valence-corrected chi connectivity index (χ2v) is 7.49. The molecule has 7 heteroatoms. The lowest BCUT2D eigenvalue weighted by atomic mass is 9.99. The predicted molar refractivity (Wildman–Crippen MR) is 108 cm³/mol. The van der Waals surface area contributed by atoms with Gasteiger partial charge in [-0.25, -0.2) is 0 Å². The fourth-order valence-corrected chi connectivity index (χ4v) is 4.19. The molecular formula is C21H19ClN4O2. The molecule has 2 aliphatic heterocycles. The summed E-state index contributed by atoms with van der Waals surface area (Å²) in [5.41, 5.74) is 4.30. The molecule has 1 aromatic carbocycles. The van der Waals surface area contributed by atoms with Gasteiger partial charge in [-0.15, -0.1) is 0 Å². The summed E-state index contributed by atoms with van der Waals surface area (Å²) in [6, 6.07) is 9.47. The molecule has 1 N–H and O–H groups in total. The van der Waals surface area contributed by atoms with Crippen molar-refractivity contribution in [1.82, 2.24) is 20.2 Å². The highest BCUT2D eigenvalue weighted by atomic mass is 35.5. The normalized spacial score (nSPS) is 18.8. The summed E-state index contributed by atoms with van der Waals surface area (Å²) in [4.78, 5) is 23.7. The molecular weight excluding hydrogens is 376 g/mol. The van der Waals surface area contributed by atoms with E-state index < -0.39 is 6.10 Å². The van der Waals surface area contributed by atoms with E-state index in [2.05, 4.69) is 15.3 Å². The maximum absolute atomic E-state index is 12.9. The monoisotopic (exact) mass is 394 g/mol. The number of carbonyl (C=O) groups excluding carboxylic acids is 1. The second kappa shape index (κ2) is 7.04. The number of rotatable bonds is 2. The summed E-state index contributed by atoms with van der Waals surface area (Å²) in [7, 11) is 0. The third-order valence-electron chi connectivity index (χ3n) is 5.29. The van der Waals surface area contributed by atoms with Gasteiger partial charge >= 0.3 is 0 Å². The first-order chi connectivity index (χ1) is 13.7. The molecule has 2 aliphatic rings. The Morgan fingerprint density at radius 2 is 2.00 bits per heavy atom. The van der Waals surface area contributed by atoms with Crippen LogP contribution in [0.25, 0.3) is 22.2 Å². The molecule has 2 aromatic heterocycles. The molecule has 4 heterocycles. The zero-order chi connectivity index (χ0) is 19.1. The number of carbonyl (C=O) groups is 1. The molecule has 1 amide bonds. The maximum Gasteiger partial charge on any atom is 0.264 e. The number of benzene rings is 1. The third-order valence-corrected chi connectivity index (χ3v) is 5.50. The van der Waals surface area contributed by atoms with Gasteiger partial charge in [0.05, 0.1) is 11.0 Å². The molecule has 0 saturated carbocycles. The van der Waals surface area contributed by atoms with Gasteiger partial charge in [0, 0.05) is 66.7 Å². The molecule has 3 aromatic rings. The van der Waals surface area contributed by atoms with Gasteiger partial charge in [-0.2, -0.15) is 0 Å². The van der Waals surface area contributed by atoms with E-state index in [1.165, 1.54) is 0 Å². The molecule has 0 unspecified atom stereocenters. The topological polar surface area (TPSA) is 67.3 Å². The first-order valence-electron chi connectivity index (χ1n) is 9.39. The molecule has 1 saturated heterocycles. The summed E-state index contributed by atoms with van der Waals surface area (Å²) in [5, 5.41) is 3.89. The van der Waals surface area contributed by atoms with Crippen LogP contribution in [0.3, 0.4) is 0 Å². The fraction of sp³-hybridized carbons (Fsp3) is 0.286. The maximum atomic E-state index is 12.9. The van der Waals surface area contributed by atoms with E-state index in [1.807, 2.05) is 35.2 Å². The van der Waals surface area contributed by atoms with Crippen molar-refractivity contribution in [3.05, 3.63) is 53.3 Å². The number of hydrogen-bond donors (Lipinski definition) is 1. The van der Waals surface area contributed by atoms with E-state index in [-0.39, 0.29) is 5.91 Å². The zero-order valence-electron chi connectivity index (χ0n) is 15.2. The highest BCUT2D eigenvalue weighted by molar-refractivity contribution is 6.31. The van der Waals surface area contributed by atoms with Crippen LogP contribution in [0.1, 0.15) is 5.56 Å². The summed E-state index contributed by atoms with van der Waals surface area (Å²) in [5.74, 6) is 0.758. The molecule has 0 bridgehead atoms. The SMILES string of the molecule is O=C([C@H]1Cc2cc(Cl)cc(-c3ccnc4cccnc34)c2O1)N1CCNCC1. The Labute approximate surface area is 167 Å². The molecule has 0 spiro atoms. The van der Waals surface area contributed by atoms with Crippen molar-refractivity contribution in [2.24, 2.45) is 0 Å². The number of pyridine rings is 2. The van der Waals surface area contributed by atoms with Gasteiger partial charge in [-0.1, -0.05) is 11.6 Å². The Balaban J connectivity index is 1.54. The minimum Gasteiger partial charge on any atom is -0.479 e. The second-order valence-electron chi connectivity index (χ2n) is 7.06. The van der Waals surface area contributed by atoms with Crippen molar-refractivity contribution in [3.63, 3.8) is 0 Å². The van der Waals surface area contributed by atoms with Crippen LogP contribution in [0.5, 0.6) is 5.75 Å². The van der Waals surface area contributed by atoms with Gasteiger partial charge in [0.1, 0.15) is 5.75 Å². The summed E-state index contributed by atoms with van der Waals surface area (Å²) >= 11 is 6.41. The average molecular weight is 395 g/mol. The quantitative estimate of drug-likeness (QED) is 0.723. The Morgan fingerprint density at radius 1 is 1.14 bits per heavy atom. The number of nitrogens with one attached hydrogen (secondary N) is 1. The van der Waals surface area contributed by atoms with Crippen LogP contribution in [0, 0.1) is 0 Å². The van der Waals surface area contributed by atoms with Gasteiger partial charge in [0.2, 0.25) is 0 Å². The predicted octanol–water partition coefficient (Wildman–Crippen LogP) is 2.69. The molecule has 1 atom stereocenters. The molecule has 1 fully saturated rings. The zero-order valence-corrected chi connectivity index (χ0v) is 15.9. The largest absolute Gasteiger partial charge is 0.479 e. The number of halogens is 1. The van der Waals surface area contributed by atoms with Crippen LogP contribution in [-0.2, 0) is 11.2 Å². The van der Waals surface area contributed by atoms with Gasteiger partial charge < -0.3 is 15.0 Å². The molecule has 28 heavy (non-hydrogen) atoms. The van der Waals surface area contributed by atoms with E-state index in [0.717, 1.165) is 46.6 Å². The number of ether oxygens (including phenoxy) is 1. The van der Waals surface area contributed by atoms with Crippen molar-refractivity contribution in [2.45, 2.75) is 12.5 Å². The van der Waals surface area contributed by atoms with Gasteiger partial charge in [-0.05, 0) is 30.3 Å². The number of amides is 1. The van der Waals surface area contributed by atoms with Crippen LogP contribution in [0.2, 0.25) is 5.02 Å². The van der Waals surface area contributed by atoms with Crippen LogP contribution in [0.15, 0.2) is 42.7 Å². The van der Waals surface area contributed by atoms with Crippen molar-refractivity contribution in [1.29, 1.82) is 0 Å². The third kappa shape index (κ3) is 2.99. The van der Waals surface area contributed by atoms with Crippen LogP contribution in [0.4, 0.5) is 0 Å². The fourth-order valence-electron chi connectivity index (χ4n) is 3.95. The van der Waals surface area contributed by atoms with Gasteiger partial charge in [0.25, 0.3) is 5.91 Å². The van der Waals surface area contributed by atoms with Gasteiger partial charge in [-0.3, -0.25) is 14.8 Å². The molecule has 6 nitrogen and oxygen atoms in total. The highest BCUT2D eigenvalue weighted by Crippen LogP contribution is 2.42. The Kier molecular flexibility index (Phi) is 4.37. The number of aromatic nitrogens is 2. The molecule has 0 radical (unpaired) electrons. The first kappa shape index (κ1) is 17.4. The average Bonchev–Trinajstić information content (AvgIpc) is 3.17. The van der Waals surface area contributed by atoms with E-state index >= 15 is 0 Å². The summed E-state index contributed by atoms with van der Waals surface area (Å²) in [6.45, 7) is 3.05. The number of piperazine rings is 1. The van der Waals surface area contributed by atoms with Crippen LogP contribution in [-0.4, -0.2) is 53.1 Å². The van der Waals surface area contributed by atoms with Crippen molar-refractivity contribution < 1.29 is 9.53 Å². The van der Waals surface area contributed by atoms with Crippen LogP contribution < -0.4 is 10.1 Å². The number of nitrogens with zero attached hydrogens (tertiary/aromatic N) is 3. The van der Waals surface area contributed by atoms with E-state index in [4.69, 9.17) is 16.3 Å². The standard InChI is InChI=1S/C21H19ClN4O2/c22-14-10-13-11-18(21(27)26-8-6-23-7-9-26)28-20(13)16(12-14)15-3-5-24-17-2-1-4-25-19(15)17/h1-5,10,12,18,23H,6-9,11H2/t18-/m1/s1. The molecule has 142 valence electrons. The highest BCUT2D eigenvalue weighted by Gasteiger charge is 2.35. The minimum atomic E-state index is -0.508. The number of fused-ring (bicyclic) bond motifs is 2. The summed E-state index contributed by atoms with van der Waals surface area (Å²) in [6.07, 6.45) is 3.52. The first-order valence-corrected chi connectivity index (χ1v) is 9.77. The van der Waals surface area contributed by atoms with Gasteiger partial charge in [0.15, 0.2) is 6.10 Å². The smallest absolute Gasteiger partial charge is 0.264 e. The lowest BCUT2D eigenvalue weighted by molar-refractivity contribution is -0.138. The minimum absolute atomic E-state index is 0.0393. The lowest BCUT2D eigenvalue weighted by Gasteiger charge is -2.29. The molecule has 0 aliphatic carbocycles.